The summed E-state index contributed by atoms with van der Waals surface area (Å²) < 4.78 is 1.28. The van der Waals surface area contributed by atoms with Gasteiger partial charge in [-0.25, -0.2) is 9.31 Å². The summed E-state index contributed by atoms with van der Waals surface area (Å²) in [5, 5.41) is 15.9. The fraction of sp³-hybridized carbons (Fsp3) is 0. The minimum Gasteiger partial charge on any atom is -0.477 e. The molecule has 5 heteroatoms. The molecule has 0 saturated carbocycles. The molecule has 0 saturated heterocycles. The zero-order valence-electron chi connectivity index (χ0n) is 6.01. The number of aromatic nitrogens is 3. The Balaban J connectivity index is 2.82. The SMILES string of the molecule is O=C(O)c1cccc2cnnn12. The Bertz CT molecular complexity index is 435. The van der Waals surface area contributed by atoms with Crippen LogP contribution in [0.3, 0.4) is 0 Å². The van der Waals surface area contributed by atoms with Crippen LogP contribution in [0.1, 0.15) is 10.5 Å². The summed E-state index contributed by atoms with van der Waals surface area (Å²) in [5.74, 6) is -1.01. The van der Waals surface area contributed by atoms with Gasteiger partial charge in [0.05, 0.1) is 11.7 Å². The third-order valence-corrected chi connectivity index (χ3v) is 1.54. The molecular weight excluding hydrogens is 158 g/mol. The molecular formula is C7H5N3O2. The van der Waals surface area contributed by atoms with Crippen molar-refractivity contribution in [3.05, 3.63) is 30.1 Å². The zero-order valence-corrected chi connectivity index (χ0v) is 6.01. The number of aromatic carboxylic acids is 1. The fourth-order valence-corrected chi connectivity index (χ4v) is 1.01. The quantitative estimate of drug-likeness (QED) is 0.661. The molecule has 0 radical (unpaired) electrons. The van der Waals surface area contributed by atoms with Gasteiger partial charge in [-0.05, 0) is 12.1 Å². The number of carboxylic acids is 1. The van der Waals surface area contributed by atoms with Crippen molar-refractivity contribution >= 4 is 11.5 Å². The van der Waals surface area contributed by atoms with E-state index in [9.17, 15) is 4.79 Å². The van der Waals surface area contributed by atoms with Crippen molar-refractivity contribution in [3.8, 4) is 0 Å². The number of rotatable bonds is 1. The molecule has 0 aliphatic rings. The number of carbonyl (C=O) groups is 1. The van der Waals surface area contributed by atoms with Gasteiger partial charge in [0.25, 0.3) is 0 Å². The number of fused-ring (bicyclic) bond motifs is 1. The van der Waals surface area contributed by atoms with E-state index in [0.29, 0.717) is 5.52 Å². The second-order valence-corrected chi connectivity index (χ2v) is 2.29. The lowest BCUT2D eigenvalue weighted by Crippen LogP contribution is -2.05. The largest absolute Gasteiger partial charge is 0.477 e. The van der Waals surface area contributed by atoms with E-state index in [0.717, 1.165) is 0 Å². The van der Waals surface area contributed by atoms with E-state index >= 15 is 0 Å². The molecule has 2 aromatic rings. The van der Waals surface area contributed by atoms with E-state index in [4.69, 9.17) is 5.11 Å². The summed E-state index contributed by atoms with van der Waals surface area (Å²) in [6.07, 6.45) is 1.51. The van der Waals surface area contributed by atoms with Crippen LogP contribution in [0.2, 0.25) is 0 Å². The number of pyridine rings is 1. The standard InChI is InChI=1S/C7H5N3O2/c11-7(12)6-3-1-2-5-4-8-9-10(5)6/h1-4H,(H,11,12). The molecule has 0 aromatic carbocycles. The van der Waals surface area contributed by atoms with Crippen LogP contribution in [-0.2, 0) is 0 Å². The van der Waals surface area contributed by atoms with Gasteiger partial charge in [-0.15, -0.1) is 5.10 Å². The smallest absolute Gasteiger partial charge is 0.354 e. The second-order valence-electron chi connectivity index (χ2n) is 2.29. The highest BCUT2D eigenvalue weighted by atomic mass is 16.4. The summed E-state index contributed by atoms with van der Waals surface area (Å²) >= 11 is 0. The van der Waals surface area contributed by atoms with Crippen molar-refractivity contribution in [1.82, 2.24) is 14.8 Å². The Kier molecular flexibility index (Phi) is 1.30. The Hall–Kier alpha value is -1.91. The molecule has 1 N–H and O–H groups in total. The normalized spacial score (nSPS) is 10.3. The zero-order chi connectivity index (χ0) is 8.55. The predicted octanol–water partition coefficient (Wildman–Crippen LogP) is 0.427. The Morgan fingerprint density at radius 2 is 2.33 bits per heavy atom. The molecule has 2 heterocycles. The summed E-state index contributed by atoms with van der Waals surface area (Å²) in [7, 11) is 0. The molecule has 0 unspecified atom stereocenters. The predicted molar refractivity (Wildman–Crippen MR) is 39.9 cm³/mol. The van der Waals surface area contributed by atoms with Gasteiger partial charge < -0.3 is 5.11 Å². The summed E-state index contributed by atoms with van der Waals surface area (Å²) in [5.41, 5.74) is 0.792. The first-order valence-electron chi connectivity index (χ1n) is 3.32. The first-order chi connectivity index (χ1) is 5.79. The first kappa shape index (κ1) is 6.78. The molecule has 0 amide bonds. The summed E-state index contributed by atoms with van der Waals surface area (Å²) in [6, 6.07) is 4.87. The van der Waals surface area contributed by atoms with Crippen molar-refractivity contribution in [2.24, 2.45) is 0 Å². The van der Waals surface area contributed by atoms with Gasteiger partial charge in [0.15, 0.2) is 5.69 Å². The maximum atomic E-state index is 10.6. The number of hydrogen-bond acceptors (Lipinski definition) is 3. The molecule has 0 bridgehead atoms. The molecule has 60 valence electrons. The van der Waals surface area contributed by atoms with Crippen LogP contribution in [0.25, 0.3) is 5.52 Å². The molecule has 0 fully saturated rings. The van der Waals surface area contributed by atoms with Gasteiger partial charge in [0.1, 0.15) is 0 Å². The van der Waals surface area contributed by atoms with Crippen LogP contribution in [0.5, 0.6) is 0 Å². The number of nitrogens with zero attached hydrogens (tertiary/aromatic N) is 3. The van der Waals surface area contributed by atoms with Gasteiger partial charge in [-0.2, -0.15) is 0 Å². The van der Waals surface area contributed by atoms with E-state index in [1.807, 2.05) is 0 Å². The van der Waals surface area contributed by atoms with Gasteiger partial charge >= 0.3 is 5.97 Å². The van der Waals surface area contributed by atoms with Gasteiger partial charge in [0.2, 0.25) is 0 Å². The highest BCUT2D eigenvalue weighted by Crippen LogP contribution is 2.03. The third kappa shape index (κ3) is 0.833. The lowest BCUT2D eigenvalue weighted by molar-refractivity contribution is 0.0687. The van der Waals surface area contributed by atoms with Gasteiger partial charge in [-0.3, -0.25) is 0 Å². The molecule has 2 aromatic heterocycles. The lowest BCUT2D eigenvalue weighted by Gasteiger charge is -1.95. The van der Waals surface area contributed by atoms with E-state index < -0.39 is 5.97 Å². The van der Waals surface area contributed by atoms with Crippen LogP contribution in [0.15, 0.2) is 24.4 Å². The van der Waals surface area contributed by atoms with Crippen LogP contribution >= 0.6 is 0 Å². The van der Waals surface area contributed by atoms with Crippen LogP contribution in [0.4, 0.5) is 0 Å². The van der Waals surface area contributed by atoms with Crippen molar-refractivity contribution < 1.29 is 9.90 Å². The first-order valence-corrected chi connectivity index (χ1v) is 3.32. The third-order valence-electron chi connectivity index (χ3n) is 1.54. The van der Waals surface area contributed by atoms with Crippen molar-refractivity contribution in [1.29, 1.82) is 0 Å². The van der Waals surface area contributed by atoms with E-state index in [-0.39, 0.29) is 5.69 Å². The van der Waals surface area contributed by atoms with Gasteiger partial charge in [-0.1, -0.05) is 11.3 Å². The fourth-order valence-electron chi connectivity index (χ4n) is 1.01. The Labute approximate surface area is 67.2 Å². The van der Waals surface area contributed by atoms with Crippen LogP contribution in [-0.4, -0.2) is 25.9 Å². The monoisotopic (exact) mass is 163 g/mol. The number of hydrogen-bond donors (Lipinski definition) is 1. The minimum atomic E-state index is -1.01. The molecule has 0 aliphatic carbocycles. The van der Waals surface area contributed by atoms with Crippen molar-refractivity contribution in [3.63, 3.8) is 0 Å². The van der Waals surface area contributed by atoms with E-state index in [1.165, 1.54) is 16.8 Å². The topological polar surface area (TPSA) is 67.5 Å². The highest BCUT2D eigenvalue weighted by molar-refractivity contribution is 5.86. The maximum Gasteiger partial charge on any atom is 0.354 e. The lowest BCUT2D eigenvalue weighted by atomic mass is 10.3. The highest BCUT2D eigenvalue weighted by Gasteiger charge is 2.07. The summed E-state index contributed by atoms with van der Waals surface area (Å²) in [4.78, 5) is 10.6. The van der Waals surface area contributed by atoms with Gasteiger partial charge in [0, 0.05) is 0 Å². The Morgan fingerprint density at radius 3 is 3.08 bits per heavy atom. The van der Waals surface area contributed by atoms with Crippen LogP contribution in [0, 0.1) is 0 Å². The average Bonchev–Trinajstić information content (AvgIpc) is 2.49. The Morgan fingerprint density at radius 1 is 1.50 bits per heavy atom. The maximum absolute atomic E-state index is 10.6. The second kappa shape index (κ2) is 2.30. The minimum absolute atomic E-state index is 0.116. The molecule has 2 rings (SSSR count). The molecule has 0 atom stereocenters. The molecule has 0 spiro atoms. The van der Waals surface area contributed by atoms with Crippen molar-refractivity contribution in [2.75, 3.05) is 0 Å². The van der Waals surface area contributed by atoms with Crippen LogP contribution < -0.4 is 0 Å². The van der Waals surface area contributed by atoms with E-state index in [2.05, 4.69) is 10.3 Å². The molecule has 5 nitrogen and oxygen atoms in total. The van der Waals surface area contributed by atoms with Crippen molar-refractivity contribution in [2.45, 2.75) is 0 Å². The summed E-state index contributed by atoms with van der Waals surface area (Å²) in [6.45, 7) is 0. The average molecular weight is 163 g/mol. The molecule has 12 heavy (non-hydrogen) atoms. The number of carboxylic acid groups (broad SMARTS) is 1. The molecule has 0 aliphatic heterocycles. The van der Waals surface area contributed by atoms with E-state index in [1.54, 1.807) is 12.1 Å².